The monoisotopic (exact) mass is 593 g/mol. The number of rotatable bonds is 10. The molecule has 3 amide bonds. The van der Waals surface area contributed by atoms with Crippen LogP contribution in [0.15, 0.2) is 60.7 Å². The quantitative estimate of drug-likeness (QED) is 0.158. The Morgan fingerprint density at radius 1 is 0.786 bits per heavy atom. The molecule has 16 heteroatoms. The van der Waals surface area contributed by atoms with Gasteiger partial charge in [0.05, 0.1) is 6.54 Å². The van der Waals surface area contributed by atoms with Gasteiger partial charge in [0, 0.05) is 19.4 Å². The number of hydrogen-bond donors (Lipinski definition) is 6. The van der Waals surface area contributed by atoms with Gasteiger partial charge in [-0.3, -0.25) is 14.4 Å². The highest BCUT2D eigenvalue weighted by atomic mass is 16.8. The Hall–Kier alpha value is -5.06. The Kier molecular flexibility index (Phi) is 15.9. The summed E-state index contributed by atoms with van der Waals surface area (Å²) in [6.45, 7) is -0.496. The van der Waals surface area contributed by atoms with E-state index in [1.54, 1.807) is 36.4 Å². The summed E-state index contributed by atoms with van der Waals surface area (Å²) in [6, 6.07) is 18.0. The van der Waals surface area contributed by atoms with Crippen LogP contribution in [0.1, 0.15) is 24.0 Å². The molecule has 1 aliphatic heterocycles. The van der Waals surface area contributed by atoms with E-state index >= 15 is 0 Å². The van der Waals surface area contributed by atoms with Crippen molar-refractivity contribution in [3.05, 3.63) is 71.8 Å². The van der Waals surface area contributed by atoms with E-state index in [1.807, 2.05) is 24.3 Å². The lowest BCUT2D eigenvalue weighted by Crippen LogP contribution is -2.36. The number of ether oxygens (including phenoxy) is 2. The number of hydrogen-bond acceptors (Lipinski definition) is 12. The molecule has 0 aliphatic carbocycles. The molecule has 16 nitrogen and oxygen atoms in total. The van der Waals surface area contributed by atoms with E-state index in [4.69, 9.17) is 35.6 Å². The summed E-state index contributed by atoms with van der Waals surface area (Å²) in [5.74, 6) is -3.73. The van der Waals surface area contributed by atoms with Crippen molar-refractivity contribution in [1.82, 2.24) is 10.4 Å². The van der Waals surface area contributed by atoms with E-state index in [0.717, 1.165) is 11.1 Å². The van der Waals surface area contributed by atoms with Gasteiger partial charge >= 0.3 is 24.2 Å². The SMILES string of the molecule is NC[C@H](O)C(=O)O.O=C(NC[C@H](O)C(=O)O)OCc1ccccc1.O=C(OCc1ccccc1)ON1C(=O)CCC1=O. The van der Waals surface area contributed by atoms with Gasteiger partial charge in [0.15, 0.2) is 12.2 Å². The number of nitrogens with two attached hydrogens (primary N) is 1. The number of amides is 3. The molecular weight excluding hydrogens is 562 g/mol. The number of carboxylic acids is 2. The second-order valence-electron chi connectivity index (χ2n) is 8.08. The number of hydroxylamine groups is 2. The molecule has 42 heavy (non-hydrogen) atoms. The summed E-state index contributed by atoms with van der Waals surface area (Å²) in [5.41, 5.74) is 6.35. The first kappa shape index (κ1) is 35.0. The molecule has 0 spiro atoms. The zero-order chi connectivity index (χ0) is 31.5. The van der Waals surface area contributed by atoms with E-state index in [2.05, 4.69) is 10.2 Å². The Labute approximate surface area is 239 Å². The molecular formula is C26H31N3O13. The summed E-state index contributed by atoms with van der Waals surface area (Å²) in [4.78, 5) is 69.1. The molecule has 1 aliphatic rings. The van der Waals surface area contributed by atoms with E-state index in [-0.39, 0.29) is 39.1 Å². The largest absolute Gasteiger partial charge is 0.534 e. The molecule has 2 aromatic carbocycles. The van der Waals surface area contributed by atoms with Crippen LogP contribution in [-0.4, -0.2) is 86.8 Å². The van der Waals surface area contributed by atoms with E-state index in [9.17, 15) is 28.8 Å². The third-order valence-corrected chi connectivity index (χ3v) is 4.82. The molecule has 1 saturated heterocycles. The lowest BCUT2D eigenvalue weighted by Gasteiger charge is -2.12. The molecule has 3 rings (SSSR count). The van der Waals surface area contributed by atoms with Gasteiger partial charge in [-0.05, 0) is 11.1 Å². The van der Waals surface area contributed by atoms with Crippen LogP contribution < -0.4 is 11.1 Å². The first-order valence-corrected chi connectivity index (χ1v) is 12.1. The first-order valence-electron chi connectivity index (χ1n) is 12.1. The third kappa shape index (κ3) is 14.4. The van der Waals surface area contributed by atoms with Gasteiger partial charge < -0.3 is 41.0 Å². The minimum Gasteiger partial charge on any atom is -0.479 e. The molecule has 0 radical (unpaired) electrons. The van der Waals surface area contributed by atoms with Crippen molar-refractivity contribution < 1.29 is 63.5 Å². The van der Waals surface area contributed by atoms with Gasteiger partial charge in [-0.15, -0.1) is 0 Å². The van der Waals surface area contributed by atoms with E-state index in [1.165, 1.54) is 0 Å². The maximum Gasteiger partial charge on any atom is 0.534 e. The molecule has 1 heterocycles. The minimum absolute atomic E-state index is 0.0237. The topological polar surface area (TPSA) is 252 Å². The highest BCUT2D eigenvalue weighted by Crippen LogP contribution is 2.13. The van der Waals surface area contributed by atoms with Crippen molar-refractivity contribution in [3.8, 4) is 0 Å². The molecule has 0 saturated carbocycles. The minimum atomic E-state index is -1.63. The fourth-order valence-electron chi connectivity index (χ4n) is 2.62. The fourth-order valence-corrected chi connectivity index (χ4v) is 2.62. The average Bonchev–Trinajstić information content (AvgIpc) is 3.30. The highest BCUT2D eigenvalue weighted by Gasteiger charge is 2.33. The smallest absolute Gasteiger partial charge is 0.479 e. The Morgan fingerprint density at radius 3 is 1.64 bits per heavy atom. The predicted molar refractivity (Wildman–Crippen MR) is 140 cm³/mol. The van der Waals surface area contributed by atoms with Crippen LogP contribution in [0.5, 0.6) is 0 Å². The molecule has 1 fully saturated rings. The van der Waals surface area contributed by atoms with Gasteiger partial charge in [-0.25, -0.2) is 19.2 Å². The van der Waals surface area contributed by atoms with Crippen molar-refractivity contribution in [2.45, 2.75) is 38.3 Å². The molecule has 7 N–H and O–H groups in total. The second kappa shape index (κ2) is 19.1. The number of carbonyl (C=O) groups is 6. The summed E-state index contributed by atoms with van der Waals surface area (Å²) in [7, 11) is 0. The third-order valence-electron chi connectivity index (χ3n) is 4.82. The molecule has 2 atom stereocenters. The normalized spacial score (nSPS) is 13.3. The van der Waals surface area contributed by atoms with Crippen molar-refractivity contribution in [2.75, 3.05) is 13.1 Å². The summed E-state index contributed by atoms with van der Waals surface area (Å²) in [5, 5.41) is 35.9. The molecule has 0 aromatic heterocycles. The number of nitrogens with one attached hydrogen (secondary N) is 1. The fraction of sp³-hybridized carbons (Fsp3) is 0.308. The van der Waals surface area contributed by atoms with Gasteiger partial charge in [-0.1, -0.05) is 65.7 Å². The number of aliphatic carboxylic acids is 2. The number of carboxylic acid groups (broad SMARTS) is 2. The summed E-state index contributed by atoms with van der Waals surface area (Å²) >= 11 is 0. The van der Waals surface area contributed by atoms with Crippen LogP contribution in [0.25, 0.3) is 0 Å². The molecule has 2 aromatic rings. The molecule has 0 unspecified atom stereocenters. The zero-order valence-corrected chi connectivity index (χ0v) is 22.2. The van der Waals surface area contributed by atoms with Crippen molar-refractivity contribution in [2.24, 2.45) is 5.73 Å². The van der Waals surface area contributed by atoms with Gasteiger partial charge in [0.1, 0.15) is 13.2 Å². The Bertz CT molecular complexity index is 1160. The predicted octanol–water partition coefficient (Wildman–Crippen LogP) is 0.153. The lowest BCUT2D eigenvalue weighted by atomic mass is 10.2. The number of alkyl carbamates (subject to hydrolysis) is 1. The van der Waals surface area contributed by atoms with Crippen LogP contribution in [0.3, 0.4) is 0 Å². The number of carbonyl (C=O) groups excluding carboxylic acids is 4. The first-order chi connectivity index (χ1) is 19.9. The van der Waals surface area contributed by atoms with Crippen LogP contribution >= 0.6 is 0 Å². The van der Waals surface area contributed by atoms with Crippen molar-refractivity contribution in [1.29, 1.82) is 0 Å². The van der Waals surface area contributed by atoms with Crippen LogP contribution in [0, 0.1) is 0 Å². The van der Waals surface area contributed by atoms with Crippen LogP contribution in [-0.2, 0) is 46.7 Å². The number of benzene rings is 2. The summed E-state index contributed by atoms with van der Waals surface area (Å²) < 4.78 is 9.58. The van der Waals surface area contributed by atoms with Crippen molar-refractivity contribution >= 4 is 36.0 Å². The van der Waals surface area contributed by atoms with Crippen LogP contribution in [0.4, 0.5) is 9.59 Å². The lowest BCUT2D eigenvalue weighted by molar-refractivity contribution is -0.177. The maximum atomic E-state index is 11.3. The maximum absolute atomic E-state index is 11.3. The van der Waals surface area contributed by atoms with Gasteiger partial charge in [0.2, 0.25) is 0 Å². The van der Waals surface area contributed by atoms with E-state index < -0.39 is 48.2 Å². The van der Waals surface area contributed by atoms with Crippen molar-refractivity contribution in [3.63, 3.8) is 0 Å². The zero-order valence-electron chi connectivity index (χ0n) is 22.2. The highest BCUT2D eigenvalue weighted by molar-refractivity contribution is 6.01. The van der Waals surface area contributed by atoms with E-state index in [0.29, 0.717) is 5.06 Å². The number of aliphatic hydroxyl groups is 2. The molecule has 228 valence electrons. The average molecular weight is 594 g/mol. The number of imide groups is 1. The number of nitrogens with zero attached hydrogens (tertiary/aromatic N) is 1. The second-order valence-corrected chi connectivity index (χ2v) is 8.08. The number of aliphatic hydroxyl groups excluding tert-OH is 2. The van der Waals surface area contributed by atoms with Gasteiger partial charge in [0.25, 0.3) is 11.8 Å². The van der Waals surface area contributed by atoms with Crippen LogP contribution in [0.2, 0.25) is 0 Å². The standard InChI is InChI=1S/C12H11NO5.C11H13NO5.C3H7NO3/c14-10-6-7-11(15)13(10)18-12(16)17-8-9-4-2-1-3-5-9;13-9(10(14)15)6-12-11(16)17-7-8-4-2-1-3-5-8;4-1-2(5)3(6)7/h1-5H,6-8H2;1-5,9,13H,6-7H2,(H,12,16)(H,14,15);2,5H,1,4H2,(H,6,7)/t;9-;2-/m.00/s1. The van der Waals surface area contributed by atoms with Gasteiger partial charge in [-0.2, -0.15) is 0 Å². The summed E-state index contributed by atoms with van der Waals surface area (Å²) in [6.07, 6.45) is -4.74. The molecule has 0 bridgehead atoms. The Balaban J connectivity index is 0.000000345. The Morgan fingerprint density at radius 2 is 1.24 bits per heavy atom.